The summed E-state index contributed by atoms with van der Waals surface area (Å²) in [6, 6.07) is -0.670. The summed E-state index contributed by atoms with van der Waals surface area (Å²) in [7, 11) is 0. The van der Waals surface area contributed by atoms with Gasteiger partial charge in [-0.1, -0.05) is 92.9 Å². The third-order valence-corrected chi connectivity index (χ3v) is 4.32. The van der Waals surface area contributed by atoms with Crippen molar-refractivity contribution in [2.24, 2.45) is 11.3 Å². The molecule has 1 unspecified atom stereocenters. The van der Waals surface area contributed by atoms with E-state index in [9.17, 15) is 9.59 Å². The first-order valence-electron chi connectivity index (χ1n) is 10.8. The fourth-order valence-corrected chi connectivity index (χ4v) is 2.62. The number of unbranched alkanes of at least 4 members (excludes halogenated alkanes) is 8. The minimum absolute atomic E-state index is 0.0530. The van der Waals surface area contributed by atoms with E-state index < -0.39 is 12.1 Å². The maximum atomic E-state index is 12.3. The molecule has 5 heteroatoms. The number of nitrogens with one attached hydrogen (secondary N) is 1. The van der Waals surface area contributed by atoms with Crippen molar-refractivity contribution in [2.75, 3.05) is 13.2 Å². The van der Waals surface area contributed by atoms with Gasteiger partial charge in [-0.3, -0.25) is 0 Å². The molecule has 0 aromatic carbocycles. The van der Waals surface area contributed by atoms with Crippen molar-refractivity contribution in [1.29, 1.82) is 0 Å². The molecule has 0 saturated heterocycles. The van der Waals surface area contributed by atoms with Crippen LogP contribution < -0.4 is 5.32 Å². The van der Waals surface area contributed by atoms with Gasteiger partial charge < -0.3 is 14.8 Å². The van der Waals surface area contributed by atoms with Gasteiger partial charge in [0.15, 0.2) is 0 Å². The van der Waals surface area contributed by atoms with Crippen molar-refractivity contribution < 1.29 is 19.1 Å². The van der Waals surface area contributed by atoms with Crippen molar-refractivity contribution in [1.82, 2.24) is 5.32 Å². The largest absolute Gasteiger partial charge is 0.464 e. The zero-order chi connectivity index (χ0) is 20.7. The Labute approximate surface area is 167 Å². The summed E-state index contributed by atoms with van der Waals surface area (Å²) in [5.74, 6) is -0.430. The molecule has 0 heterocycles. The number of ether oxygens (including phenoxy) is 2. The molecule has 0 fully saturated rings. The quantitative estimate of drug-likeness (QED) is 0.300. The summed E-state index contributed by atoms with van der Waals surface area (Å²) in [5, 5.41) is 2.64. The van der Waals surface area contributed by atoms with Crippen LogP contribution in [-0.4, -0.2) is 31.3 Å². The van der Waals surface area contributed by atoms with Gasteiger partial charge in [-0.2, -0.15) is 0 Å². The molecule has 0 spiro atoms. The van der Waals surface area contributed by atoms with Crippen LogP contribution in [0.15, 0.2) is 0 Å². The number of hydrogen-bond acceptors (Lipinski definition) is 4. The Kier molecular flexibility index (Phi) is 14.1. The van der Waals surface area contributed by atoms with Crippen LogP contribution in [0.5, 0.6) is 0 Å². The molecule has 0 aromatic heterocycles. The highest BCUT2D eigenvalue weighted by atomic mass is 16.6. The highest BCUT2D eigenvalue weighted by molar-refractivity contribution is 5.81. The molecule has 1 atom stereocenters. The summed E-state index contributed by atoms with van der Waals surface area (Å²) in [4.78, 5) is 24.2. The molecule has 1 N–H and O–H groups in total. The van der Waals surface area contributed by atoms with E-state index in [4.69, 9.17) is 9.47 Å². The number of alkyl carbamates (subject to hydrolysis) is 1. The lowest BCUT2D eigenvalue weighted by molar-refractivity contribution is -0.147. The Bertz CT molecular complexity index is 402. The summed E-state index contributed by atoms with van der Waals surface area (Å²) < 4.78 is 10.5. The van der Waals surface area contributed by atoms with Crippen LogP contribution >= 0.6 is 0 Å². The van der Waals surface area contributed by atoms with Gasteiger partial charge in [0.25, 0.3) is 0 Å². The predicted molar refractivity (Wildman–Crippen MR) is 111 cm³/mol. The first kappa shape index (κ1) is 25.7. The van der Waals surface area contributed by atoms with Crippen molar-refractivity contribution >= 4 is 12.1 Å². The minimum Gasteiger partial charge on any atom is -0.464 e. The van der Waals surface area contributed by atoms with E-state index in [0.29, 0.717) is 13.2 Å². The Balaban J connectivity index is 3.94. The minimum atomic E-state index is -0.670. The number of esters is 1. The van der Waals surface area contributed by atoms with Gasteiger partial charge in [-0.15, -0.1) is 0 Å². The third-order valence-electron chi connectivity index (χ3n) is 4.32. The van der Waals surface area contributed by atoms with Crippen LogP contribution in [0, 0.1) is 11.3 Å². The predicted octanol–water partition coefficient (Wildman–Crippen LogP) is 5.86. The SMILES string of the molecule is CCCCCCCCCCCOC(=O)C(NC(=O)OCC(C)(C)C)C(C)C. The fourth-order valence-electron chi connectivity index (χ4n) is 2.62. The van der Waals surface area contributed by atoms with Crippen LogP contribution in [0.1, 0.15) is 99.3 Å². The molecule has 0 aliphatic rings. The second-order valence-electron chi connectivity index (χ2n) is 9.00. The maximum Gasteiger partial charge on any atom is 0.407 e. The lowest BCUT2D eigenvalue weighted by Gasteiger charge is -2.22. The fraction of sp³-hybridized carbons (Fsp3) is 0.909. The van der Waals surface area contributed by atoms with Crippen molar-refractivity contribution in [2.45, 2.75) is 105 Å². The lowest BCUT2D eigenvalue weighted by Crippen LogP contribution is -2.46. The Morgan fingerprint density at radius 2 is 1.37 bits per heavy atom. The monoisotopic (exact) mass is 385 g/mol. The molecule has 0 aromatic rings. The summed E-state index contributed by atoms with van der Waals surface area (Å²) >= 11 is 0. The van der Waals surface area contributed by atoms with Crippen molar-refractivity contribution in [3.8, 4) is 0 Å². The smallest absolute Gasteiger partial charge is 0.407 e. The summed E-state index contributed by atoms with van der Waals surface area (Å²) in [6.07, 6.45) is 10.4. The second-order valence-corrected chi connectivity index (χ2v) is 9.00. The van der Waals surface area contributed by atoms with Gasteiger partial charge in [-0.05, 0) is 17.8 Å². The molecule has 160 valence electrons. The maximum absolute atomic E-state index is 12.3. The highest BCUT2D eigenvalue weighted by Gasteiger charge is 2.26. The molecule has 0 radical (unpaired) electrons. The summed E-state index contributed by atoms with van der Waals surface area (Å²) in [5.41, 5.74) is -0.110. The molecular formula is C22H43NO4. The van der Waals surface area contributed by atoms with Gasteiger partial charge in [0.1, 0.15) is 6.04 Å². The molecule has 0 saturated carbocycles. The first-order chi connectivity index (χ1) is 12.7. The summed E-state index contributed by atoms with van der Waals surface area (Å²) in [6.45, 7) is 12.7. The van der Waals surface area contributed by atoms with Gasteiger partial charge in [0.2, 0.25) is 0 Å². The van der Waals surface area contributed by atoms with E-state index >= 15 is 0 Å². The Hall–Kier alpha value is -1.26. The standard InChI is InChI=1S/C22H43NO4/c1-7-8-9-10-11-12-13-14-15-16-26-20(24)19(18(2)3)23-21(25)27-17-22(4,5)6/h18-19H,7-17H2,1-6H3,(H,23,25). The Morgan fingerprint density at radius 1 is 0.852 bits per heavy atom. The van der Waals surface area contributed by atoms with Crippen LogP contribution in [-0.2, 0) is 14.3 Å². The van der Waals surface area contributed by atoms with E-state index in [-0.39, 0.29) is 17.3 Å². The number of amides is 1. The van der Waals surface area contributed by atoms with Gasteiger partial charge in [-0.25, -0.2) is 9.59 Å². The van der Waals surface area contributed by atoms with Crippen molar-refractivity contribution in [3.63, 3.8) is 0 Å². The zero-order valence-electron chi connectivity index (χ0n) is 18.6. The lowest BCUT2D eigenvalue weighted by atomic mass is 9.99. The molecule has 1 amide bonds. The number of carbonyl (C=O) groups excluding carboxylic acids is 2. The van der Waals surface area contributed by atoms with E-state index in [1.54, 1.807) is 0 Å². The molecule has 27 heavy (non-hydrogen) atoms. The number of rotatable bonds is 14. The van der Waals surface area contributed by atoms with Crippen LogP contribution in [0.25, 0.3) is 0 Å². The molecule has 0 rings (SSSR count). The molecule has 0 bridgehead atoms. The van der Waals surface area contributed by atoms with Gasteiger partial charge in [0, 0.05) is 0 Å². The van der Waals surface area contributed by atoms with Crippen LogP contribution in [0.4, 0.5) is 4.79 Å². The Morgan fingerprint density at radius 3 is 1.85 bits per heavy atom. The topological polar surface area (TPSA) is 64.6 Å². The molecule has 0 aliphatic heterocycles. The molecule has 0 aliphatic carbocycles. The number of hydrogen-bond donors (Lipinski definition) is 1. The van der Waals surface area contributed by atoms with Crippen molar-refractivity contribution in [3.05, 3.63) is 0 Å². The van der Waals surface area contributed by atoms with E-state index in [2.05, 4.69) is 12.2 Å². The van der Waals surface area contributed by atoms with E-state index in [1.807, 2.05) is 34.6 Å². The van der Waals surface area contributed by atoms with Gasteiger partial charge >= 0.3 is 12.1 Å². The average molecular weight is 386 g/mol. The molecule has 5 nitrogen and oxygen atoms in total. The van der Waals surface area contributed by atoms with E-state index in [0.717, 1.165) is 12.8 Å². The second kappa shape index (κ2) is 14.8. The first-order valence-corrected chi connectivity index (χ1v) is 10.8. The third kappa shape index (κ3) is 15.5. The van der Waals surface area contributed by atoms with E-state index in [1.165, 1.54) is 44.9 Å². The van der Waals surface area contributed by atoms with Gasteiger partial charge in [0.05, 0.1) is 13.2 Å². The van der Waals surface area contributed by atoms with Crippen LogP contribution in [0.2, 0.25) is 0 Å². The normalized spacial score (nSPS) is 12.7. The highest BCUT2D eigenvalue weighted by Crippen LogP contribution is 2.13. The molecular weight excluding hydrogens is 342 g/mol. The zero-order valence-corrected chi connectivity index (χ0v) is 18.6. The van der Waals surface area contributed by atoms with Crippen LogP contribution in [0.3, 0.4) is 0 Å². The number of carbonyl (C=O) groups is 2. The average Bonchev–Trinajstić information content (AvgIpc) is 2.58.